The Hall–Kier alpha value is -3.46. The number of nitrogens with two attached hydrogens (primary N) is 2. The summed E-state index contributed by atoms with van der Waals surface area (Å²) in [6.45, 7) is 2.49. The fraction of sp³-hybridized carbons (Fsp3) is 0.273. The molecule has 1 atom stereocenters. The SMILES string of the molecule is Cc1nc(N)nc2c1C(=O)N(CCCN)[C@@H](c1ccc(F)cc1-c1cccnc1F)C2. The van der Waals surface area contributed by atoms with Crippen LogP contribution in [0.1, 0.15) is 39.8 Å². The van der Waals surface area contributed by atoms with Gasteiger partial charge >= 0.3 is 0 Å². The molecule has 1 aliphatic rings. The Morgan fingerprint density at radius 2 is 2.00 bits per heavy atom. The van der Waals surface area contributed by atoms with Gasteiger partial charge in [0.1, 0.15) is 5.82 Å². The molecule has 160 valence electrons. The molecule has 7 nitrogen and oxygen atoms in total. The van der Waals surface area contributed by atoms with Crippen LogP contribution in [0.4, 0.5) is 14.7 Å². The highest BCUT2D eigenvalue weighted by atomic mass is 19.1. The molecule has 0 unspecified atom stereocenters. The fourth-order valence-corrected chi connectivity index (χ4v) is 4.10. The molecule has 0 bridgehead atoms. The van der Waals surface area contributed by atoms with E-state index in [1.807, 2.05) is 0 Å². The Morgan fingerprint density at radius 1 is 1.19 bits per heavy atom. The first-order chi connectivity index (χ1) is 14.9. The molecule has 0 aliphatic carbocycles. The van der Waals surface area contributed by atoms with Crippen LogP contribution in [-0.4, -0.2) is 38.8 Å². The van der Waals surface area contributed by atoms with E-state index in [9.17, 15) is 13.6 Å². The summed E-state index contributed by atoms with van der Waals surface area (Å²) >= 11 is 0. The molecule has 4 N–H and O–H groups in total. The number of aromatic nitrogens is 3. The van der Waals surface area contributed by atoms with Crippen LogP contribution in [0.5, 0.6) is 0 Å². The average Bonchev–Trinajstić information content (AvgIpc) is 2.72. The van der Waals surface area contributed by atoms with Crippen LogP contribution in [-0.2, 0) is 6.42 Å². The third-order valence-corrected chi connectivity index (χ3v) is 5.45. The number of carbonyl (C=O) groups excluding carboxylic acids is 1. The number of aryl methyl sites for hydroxylation is 1. The number of benzene rings is 1. The molecular formula is C22H22F2N6O. The first-order valence-corrected chi connectivity index (χ1v) is 9.95. The van der Waals surface area contributed by atoms with Gasteiger partial charge in [0, 0.05) is 24.7 Å². The molecular weight excluding hydrogens is 402 g/mol. The lowest BCUT2D eigenvalue weighted by Gasteiger charge is -2.38. The molecule has 1 aliphatic heterocycles. The van der Waals surface area contributed by atoms with E-state index >= 15 is 0 Å². The first kappa shape index (κ1) is 20.8. The fourth-order valence-electron chi connectivity index (χ4n) is 4.10. The van der Waals surface area contributed by atoms with Gasteiger partial charge < -0.3 is 16.4 Å². The van der Waals surface area contributed by atoms with Crippen molar-refractivity contribution in [3.8, 4) is 11.1 Å². The molecule has 0 saturated heterocycles. The molecule has 4 rings (SSSR count). The lowest BCUT2D eigenvalue weighted by molar-refractivity contribution is 0.0642. The third-order valence-electron chi connectivity index (χ3n) is 5.45. The smallest absolute Gasteiger partial charge is 0.258 e. The maximum Gasteiger partial charge on any atom is 0.258 e. The average molecular weight is 424 g/mol. The number of amides is 1. The zero-order valence-electron chi connectivity index (χ0n) is 17.0. The molecule has 0 fully saturated rings. The van der Waals surface area contributed by atoms with Crippen molar-refractivity contribution in [2.75, 3.05) is 18.8 Å². The van der Waals surface area contributed by atoms with Gasteiger partial charge in [-0.15, -0.1) is 0 Å². The Bertz CT molecular complexity index is 1150. The largest absolute Gasteiger partial charge is 0.368 e. The highest BCUT2D eigenvalue weighted by Crippen LogP contribution is 2.39. The maximum atomic E-state index is 14.5. The second-order valence-electron chi connectivity index (χ2n) is 7.42. The van der Waals surface area contributed by atoms with Gasteiger partial charge in [-0.3, -0.25) is 4.79 Å². The topological polar surface area (TPSA) is 111 Å². The summed E-state index contributed by atoms with van der Waals surface area (Å²) in [6.07, 6.45) is 2.23. The van der Waals surface area contributed by atoms with Crippen molar-refractivity contribution in [3.05, 3.63) is 70.8 Å². The number of anilines is 1. The summed E-state index contributed by atoms with van der Waals surface area (Å²) in [6, 6.07) is 6.75. The molecule has 9 heteroatoms. The van der Waals surface area contributed by atoms with Crippen LogP contribution >= 0.6 is 0 Å². The number of pyridine rings is 1. The maximum absolute atomic E-state index is 14.5. The van der Waals surface area contributed by atoms with Crippen LogP contribution in [0.15, 0.2) is 36.5 Å². The minimum atomic E-state index is -0.715. The quantitative estimate of drug-likeness (QED) is 0.610. The molecule has 0 spiro atoms. The predicted octanol–water partition coefficient (Wildman–Crippen LogP) is 2.80. The lowest BCUT2D eigenvalue weighted by atomic mass is 9.87. The van der Waals surface area contributed by atoms with Crippen LogP contribution in [0.25, 0.3) is 11.1 Å². The van der Waals surface area contributed by atoms with Crippen molar-refractivity contribution in [1.82, 2.24) is 19.9 Å². The van der Waals surface area contributed by atoms with E-state index in [0.717, 1.165) is 0 Å². The molecule has 1 amide bonds. The third kappa shape index (κ3) is 3.84. The number of carbonyl (C=O) groups is 1. The number of fused-ring (bicyclic) bond motifs is 1. The number of nitrogens with zero attached hydrogens (tertiary/aromatic N) is 4. The molecule has 3 aromatic rings. The second kappa shape index (κ2) is 8.35. The Labute approximate surface area is 178 Å². The predicted molar refractivity (Wildman–Crippen MR) is 112 cm³/mol. The normalized spacial score (nSPS) is 15.8. The van der Waals surface area contributed by atoms with E-state index in [-0.39, 0.29) is 17.4 Å². The number of halogens is 2. The summed E-state index contributed by atoms with van der Waals surface area (Å²) in [5, 5.41) is 0. The zero-order valence-corrected chi connectivity index (χ0v) is 17.0. The summed E-state index contributed by atoms with van der Waals surface area (Å²) < 4.78 is 28.7. The van der Waals surface area contributed by atoms with Crippen molar-refractivity contribution in [1.29, 1.82) is 0 Å². The van der Waals surface area contributed by atoms with Gasteiger partial charge in [0.15, 0.2) is 0 Å². The van der Waals surface area contributed by atoms with Crippen molar-refractivity contribution in [3.63, 3.8) is 0 Å². The van der Waals surface area contributed by atoms with Gasteiger partial charge in [0.2, 0.25) is 11.9 Å². The van der Waals surface area contributed by atoms with E-state index in [1.54, 1.807) is 24.0 Å². The van der Waals surface area contributed by atoms with Crippen LogP contribution in [0, 0.1) is 18.7 Å². The second-order valence-corrected chi connectivity index (χ2v) is 7.42. The standard InChI is InChI=1S/C22H22F2N6O/c1-12-19-17(29-22(26)28-12)11-18(30(21(19)31)9-3-7-25)14-6-5-13(23)10-16(14)15-4-2-8-27-20(15)24/h2,4-6,8,10,18H,3,7,9,11,25H2,1H3,(H2,26,28,29)/t18-/m1/s1. The van der Waals surface area contributed by atoms with Crippen LogP contribution in [0.3, 0.4) is 0 Å². The van der Waals surface area contributed by atoms with Gasteiger partial charge in [-0.1, -0.05) is 6.07 Å². The van der Waals surface area contributed by atoms with Gasteiger partial charge in [0.25, 0.3) is 5.91 Å². The van der Waals surface area contributed by atoms with Gasteiger partial charge in [-0.25, -0.2) is 19.3 Å². The minimum absolute atomic E-state index is 0.0795. The summed E-state index contributed by atoms with van der Waals surface area (Å²) in [5.41, 5.74) is 14.0. The van der Waals surface area contributed by atoms with E-state index < -0.39 is 17.8 Å². The van der Waals surface area contributed by atoms with Crippen molar-refractivity contribution in [2.45, 2.75) is 25.8 Å². The lowest BCUT2D eigenvalue weighted by Crippen LogP contribution is -2.42. The summed E-state index contributed by atoms with van der Waals surface area (Å²) in [5.74, 6) is -1.40. The van der Waals surface area contributed by atoms with E-state index in [0.29, 0.717) is 54.0 Å². The molecule has 1 aromatic carbocycles. The summed E-state index contributed by atoms with van der Waals surface area (Å²) in [7, 11) is 0. The van der Waals surface area contributed by atoms with Gasteiger partial charge in [0.05, 0.1) is 23.0 Å². The minimum Gasteiger partial charge on any atom is -0.368 e. The van der Waals surface area contributed by atoms with E-state index in [2.05, 4.69) is 15.0 Å². The molecule has 31 heavy (non-hydrogen) atoms. The molecule has 3 heterocycles. The van der Waals surface area contributed by atoms with Crippen LogP contribution in [0.2, 0.25) is 0 Å². The number of hydrogen-bond acceptors (Lipinski definition) is 6. The van der Waals surface area contributed by atoms with Crippen LogP contribution < -0.4 is 11.5 Å². The van der Waals surface area contributed by atoms with Crippen molar-refractivity contribution < 1.29 is 13.6 Å². The van der Waals surface area contributed by atoms with E-state index in [1.165, 1.54) is 24.4 Å². The number of nitrogen functional groups attached to an aromatic ring is 1. The Morgan fingerprint density at radius 3 is 2.74 bits per heavy atom. The van der Waals surface area contributed by atoms with Gasteiger partial charge in [-0.05, 0) is 55.3 Å². The Kier molecular flexibility index (Phi) is 5.60. The highest BCUT2D eigenvalue weighted by molar-refractivity contribution is 5.98. The van der Waals surface area contributed by atoms with Crippen molar-refractivity contribution >= 4 is 11.9 Å². The molecule has 0 saturated carbocycles. The van der Waals surface area contributed by atoms with E-state index in [4.69, 9.17) is 11.5 Å². The Balaban J connectivity index is 1.89. The number of hydrogen-bond donors (Lipinski definition) is 2. The summed E-state index contributed by atoms with van der Waals surface area (Å²) in [4.78, 5) is 27.2. The zero-order chi connectivity index (χ0) is 22.1. The first-order valence-electron chi connectivity index (χ1n) is 9.95. The molecule has 0 radical (unpaired) electrons. The van der Waals surface area contributed by atoms with Crippen molar-refractivity contribution in [2.24, 2.45) is 5.73 Å². The highest BCUT2D eigenvalue weighted by Gasteiger charge is 2.37. The number of rotatable bonds is 5. The molecule has 2 aromatic heterocycles. The monoisotopic (exact) mass is 424 g/mol. The van der Waals surface area contributed by atoms with Gasteiger partial charge in [-0.2, -0.15) is 4.39 Å².